The first-order valence-electron chi connectivity index (χ1n) is 6.61. The van der Waals surface area contributed by atoms with Gasteiger partial charge in [-0.05, 0) is 12.1 Å². The summed E-state index contributed by atoms with van der Waals surface area (Å²) < 4.78 is 0. The summed E-state index contributed by atoms with van der Waals surface area (Å²) in [6.07, 6.45) is -0.497. The Balaban J connectivity index is 2.55. The number of carbonyl (C=O) groups is 3. The molecule has 0 aliphatic carbocycles. The molecule has 1 aromatic rings. The first-order valence-corrected chi connectivity index (χ1v) is 7.49. The smallest absolute Gasteiger partial charge is 0.264 e. The maximum absolute atomic E-state index is 12.5. The van der Waals surface area contributed by atoms with E-state index < -0.39 is 29.5 Å². The number of nitrogens with one attached hydrogen (secondary N) is 1. The highest BCUT2D eigenvalue weighted by atomic mass is 32.2. The van der Waals surface area contributed by atoms with Crippen LogP contribution in [-0.4, -0.2) is 30.1 Å². The average Bonchev–Trinajstić information content (AvgIpc) is 2.84. The van der Waals surface area contributed by atoms with E-state index in [0.29, 0.717) is 5.69 Å². The van der Waals surface area contributed by atoms with E-state index in [2.05, 4.69) is 5.32 Å². The van der Waals surface area contributed by atoms with E-state index in [4.69, 9.17) is 0 Å². The lowest BCUT2D eigenvalue weighted by molar-refractivity contribution is -0.305. The highest BCUT2D eigenvalue weighted by molar-refractivity contribution is 8.05. The van der Waals surface area contributed by atoms with E-state index in [9.17, 15) is 24.8 Å². The van der Waals surface area contributed by atoms with Crippen LogP contribution < -0.4 is 15.3 Å². The van der Waals surface area contributed by atoms with Crippen LogP contribution in [0, 0.1) is 11.3 Å². The minimum atomic E-state index is -1.37. The molecule has 1 atom stereocenters. The Morgan fingerprint density at radius 1 is 1.39 bits per heavy atom. The second-order valence-electron chi connectivity index (χ2n) is 4.56. The molecule has 0 bridgehead atoms. The van der Waals surface area contributed by atoms with Crippen LogP contribution in [0.3, 0.4) is 0 Å². The zero-order valence-electron chi connectivity index (χ0n) is 12.1. The lowest BCUT2D eigenvalue weighted by Crippen LogP contribution is -2.34. The maximum Gasteiger partial charge on any atom is 0.264 e. The Kier molecular flexibility index (Phi) is 5.03. The molecule has 2 rings (SSSR count). The van der Waals surface area contributed by atoms with E-state index in [1.54, 1.807) is 36.4 Å². The van der Waals surface area contributed by atoms with E-state index in [-0.39, 0.29) is 10.6 Å². The topological polar surface area (TPSA) is 113 Å². The van der Waals surface area contributed by atoms with Crippen molar-refractivity contribution in [3.05, 3.63) is 40.9 Å². The molecule has 1 aromatic carbocycles. The number of carbonyl (C=O) groups excluding carboxylic acids is 3. The number of hydrogen-bond donors (Lipinski definition) is 1. The van der Waals surface area contributed by atoms with Crippen LogP contribution in [0.2, 0.25) is 0 Å². The van der Waals surface area contributed by atoms with Gasteiger partial charge in [-0.25, -0.2) is 0 Å². The van der Waals surface area contributed by atoms with Gasteiger partial charge in [0, 0.05) is 25.1 Å². The number of anilines is 1. The van der Waals surface area contributed by atoms with Gasteiger partial charge in [0.05, 0.1) is 5.25 Å². The van der Waals surface area contributed by atoms with Crippen LogP contribution in [0.15, 0.2) is 40.9 Å². The average molecular weight is 330 g/mol. The molecule has 0 radical (unpaired) electrons. The fraction of sp³-hybridized carbons (Fsp3) is 0.200. The molecule has 1 aliphatic heterocycles. The largest absolute Gasteiger partial charge is 0.550 e. The number of thioether (sulfide) groups is 1. The van der Waals surface area contributed by atoms with Crippen molar-refractivity contribution in [3.8, 4) is 6.07 Å². The van der Waals surface area contributed by atoms with Gasteiger partial charge in [0.2, 0.25) is 5.91 Å². The highest BCUT2D eigenvalue weighted by Crippen LogP contribution is 2.41. The van der Waals surface area contributed by atoms with Crippen LogP contribution in [-0.2, 0) is 14.4 Å². The predicted molar refractivity (Wildman–Crippen MR) is 81.6 cm³/mol. The fourth-order valence-electron chi connectivity index (χ4n) is 2.08. The molecule has 1 fully saturated rings. The van der Waals surface area contributed by atoms with Gasteiger partial charge in [-0.3, -0.25) is 14.5 Å². The minimum absolute atomic E-state index is 0.120. The van der Waals surface area contributed by atoms with E-state index >= 15 is 0 Å². The first-order chi connectivity index (χ1) is 11.0. The maximum atomic E-state index is 12.5. The second kappa shape index (κ2) is 6.98. The lowest BCUT2D eigenvalue weighted by atomic mass is 10.2. The van der Waals surface area contributed by atoms with Gasteiger partial charge < -0.3 is 15.2 Å². The number of carboxylic acids is 1. The Bertz CT molecular complexity index is 724. The molecular weight excluding hydrogens is 318 g/mol. The molecule has 1 N–H and O–H groups in total. The Labute approximate surface area is 136 Å². The van der Waals surface area contributed by atoms with Crippen molar-refractivity contribution in [2.75, 3.05) is 11.9 Å². The van der Waals surface area contributed by atoms with Crippen LogP contribution in [0.5, 0.6) is 0 Å². The summed E-state index contributed by atoms with van der Waals surface area (Å²) in [7, 11) is 1.37. The molecule has 118 valence electrons. The monoisotopic (exact) mass is 330 g/mol. The summed E-state index contributed by atoms with van der Waals surface area (Å²) in [5.74, 6) is -2.52. The van der Waals surface area contributed by atoms with Crippen molar-refractivity contribution in [2.24, 2.45) is 0 Å². The highest BCUT2D eigenvalue weighted by Gasteiger charge is 2.40. The zero-order valence-corrected chi connectivity index (χ0v) is 12.9. The summed E-state index contributed by atoms with van der Waals surface area (Å²) in [4.78, 5) is 36.4. The third-order valence-corrected chi connectivity index (χ3v) is 4.36. The zero-order chi connectivity index (χ0) is 17.0. The third kappa shape index (κ3) is 3.35. The molecule has 0 saturated carbocycles. The van der Waals surface area contributed by atoms with Crippen molar-refractivity contribution in [2.45, 2.75) is 11.7 Å². The molecule has 0 unspecified atom stereocenters. The molecule has 2 amide bonds. The number of para-hydroxylation sites is 1. The summed E-state index contributed by atoms with van der Waals surface area (Å²) in [6, 6.07) is 10.2. The molecule has 1 aliphatic rings. The standard InChI is InChI=1S/C15H13N3O4S/c1-17-13(21)10(8-16)15-18(9-5-3-2-4-6-9)14(22)11(23-15)7-12(19)20/h2-6,11H,7H2,1H3,(H,17,21)(H,19,20)/p-1/b15-10-/t11-/m0/s1. The van der Waals surface area contributed by atoms with Crippen LogP contribution in [0.25, 0.3) is 0 Å². The summed E-state index contributed by atoms with van der Waals surface area (Å²) in [5.41, 5.74) is 0.216. The molecule has 23 heavy (non-hydrogen) atoms. The molecule has 0 spiro atoms. The van der Waals surface area contributed by atoms with Crippen molar-refractivity contribution in [1.82, 2.24) is 5.32 Å². The lowest BCUT2D eigenvalue weighted by Gasteiger charge is -2.18. The Morgan fingerprint density at radius 2 is 2.04 bits per heavy atom. The van der Waals surface area contributed by atoms with Crippen molar-refractivity contribution in [3.63, 3.8) is 0 Å². The second-order valence-corrected chi connectivity index (χ2v) is 5.75. The number of nitriles is 1. The van der Waals surface area contributed by atoms with E-state index in [0.717, 1.165) is 11.8 Å². The third-order valence-electron chi connectivity index (χ3n) is 3.10. The number of hydrogen-bond acceptors (Lipinski definition) is 6. The van der Waals surface area contributed by atoms with Crippen LogP contribution >= 0.6 is 11.8 Å². The fourth-order valence-corrected chi connectivity index (χ4v) is 3.33. The molecule has 8 heteroatoms. The Hall–Kier alpha value is -2.79. The van der Waals surface area contributed by atoms with Crippen molar-refractivity contribution in [1.29, 1.82) is 5.26 Å². The normalized spacial score (nSPS) is 19.2. The first kappa shape index (κ1) is 16.6. The SMILES string of the molecule is CNC(=O)/C(C#N)=C1\S[C@@H](CC(=O)[O-])C(=O)N1c1ccccc1. The van der Waals surface area contributed by atoms with Gasteiger partial charge in [-0.1, -0.05) is 30.0 Å². The quantitative estimate of drug-likeness (QED) is 0.602. The predicted octanol–water partition coefficient (Wildman–Crippen LogP) is -0.244. The summed E-state index contributed by atoms with van der Waals surface area (Å²) >= 11 is 0.878. The Morgan fingerprint density at radius 3 is 2.57 bits per heavy atom. The van der Waals surface area contributed by atoms with E-state index in [1.807, 2.05) is 0 Å². The van der Waals surface area contributed by atoms with Crippen molar-refractivity contribution < 1.29 is 19.5 Å². The van der Waals surface area contributed by atoms with Gasteiger partial charge in [0.15, 0.2) is 0 Å². The number of amides is 2. The minimum Gasteiger partial charge on any atom is -0.550 e. The number of benzene rings is 1. The molecule has 0 aromatic heterocycles. The number of rotatable bonds is 4. The van der Waals surface area contributed by atoms with Gasteiger partial charge in [0.25, 0.3) is 5.91 Å². The van der Waals surface area contributed by atoms with Gasteiger partial charge >= 0.3 is 0 Å². The van der Waals surface area contributed by atoms with Crippen molar-refractivity contribution >= 4 is 35.2 Å². The summed E-state index contributed by atoms with van der Waals surface area (Å²) in [5, 5.41) is 21.6. The molecule has 1 saturated heterocycles. The number of nitrogens with zero attached hydrogens (tertiary/aromatic N) is 2. The molecular formula is C15H12N3O4S-. The number of carboxylic acid groups (broad SMARTS) is 1. The van der Waals surface area contributed by atoms with Crippen LogP contribution in [0.4, 0.5) is 5.69 Å². The van der Waals surface area contributed by atoms with Gasteiger partial charge in [-0.15, -0.1) is 0 Å². The van der Waals surface area contributed by atoms with Gasteiger partial charge in [-0.2, -0.15) is 5.26 Å². The van der Waals surface area contributed by atoms with Crippen LogP contribution in [0.1, 0.15) is 6.42 Å². The number of likely N-dealkylation sites (N-methyl/N-ethyl adjacent to an activating group) is 1. The van der Waals surface area contributed by atoms with Gasteiger partial charge in [0.1, 0.15) is 16.7 Å². The van der Waals surface area contributed by atoms with E-state index in [1.165, 1.54) is 11.9 Å². The number of aliphatic carboxylic acids is 1. The molecule has 7 nitrogen and oxygen atoms in total. The summed E-state index contributed by atoms with van der Waals surface area (Å²) in [6.45, 7) is 0. The molecule has 1 heterocycles.